The van der Waals surface area contributed by atoms with Gasteiger partial charge in [-0.1, -0.05) is 26.2 Å². The van der Waals surface area contributed by atoms with Crippen molar-refractivity contribution < 1.29 is 4.79 Å². The van der Waals surface area contributed by atoms with Gasteiger partial charge in [0, 0.05) is 13.1 Å². The highest BCUT2D eigenvalue weighted by Gasteiger charge is 2.33. The first-order chi connectivity index (χ1) is 7.70. The van der Waals surface area contributed by atoms with Crippen LogP contribution in [0.15, 0.2) is 0 Å². The van der Waals surface area contributed by atoms with Gasteiger partial charge in [0.15, 0.2) is 0 Å². The molecule has 0 spiro atoms. The number of carbonyl (C=O) groups is 1. The molecule has 1 aliphatic carbocycles. The van der Waals surface area contributed by atoms with Crippen LogP contribution in [0.25, 0.3) is 0 Å². The first kappa shape index (κ1) is 11.9. The Morgan fingerprint density at radius 2 is 1.88 bits per heavy atom. The van der Waals surface area contributed by atoms with Gasteiger partial charge in [0.05, 0.1) is 6.04 Å². The Morgan fingerprint density at radius 1 is 1.19 bits per heavy atom. The molecule has 2 fully saturated rings. The van der Waals surface area contributed by atoms with Crippen LogP contribution in [-0.4, -0.2) is 36.5 Å². The molecule has 0 aromatic heterocycles. The molecule has 1 amide bonds. The van der Waals surface area contributed by atoms with E-state index in [1.807, 2.05) is 11.9 Å². The fraction of sp³-hybridized carbons (Fsp3) is 0.923. The molecule has 1 heterocycles. The summed E-state index contributed by atoms with van der Waals surface area (Å²) in [6.07, 6.45) is 7.45. The average Bonchev–Trinajstić information content (AvgIpc) is 2.75. The fourth-order valence-electron chi connectivity index (χ4n) is 3.03. The second-order valence-electron chi connectivity index (χ2n) is 5.44. The van der Waals surface area contributed by atoms with Crippen molar-refractivity contribution in [2.75, 3.05) is 13.6 Å². The standard InChI is InChI=1S/C13H24N2O/c1-10-8-9-14-12(10)13(16)15(2)11-6-4-3-5-7-11/h10-12,14H,3-9H2,1-2H3. The van der Waals surface area contributed by atoms with E-state index in [0.717, 1.165) is 13.0 Å². The third-order valence-electron chi connectivity index (χ3n) is 4.27. The lowest BCUT2D eigenvalue weighted by atomic mass is 9.93. The second-order valence-corrected chi connectivity index (χ2v) is 5.44. The molecule has 1 aliphatic heterocycles. The largest absolute Gasteiger partial charge is 0.341 e. The molecule has 2 rings (SSSR count). The molecule has 2 atom stereocenters. The van der Waals surface area contributed by atoms with E-state index in [2.05, 4.69) is 12.2 Å². The van der Waals surface area contributed by atoms with Gasteiger partial charge in [-0.3, -0.25) is 4.79 Å². The lowest BCUT2D eigenvalue weighted by Gasteiger charge is -2.33. The van der Waals surface area contributed by atoms with E-state index in [1.165, 1.54) is 32.1 Å². The van der Waals surface area contributed by atoms with Crippen LogP contribution in [-0.2, 0) is 4.79 Å². The van der Waals surface area contributed by atoms with Gasteiger partial charge in [0.1, 0.15) is 0 Å². The molecule has 1 saturated heterocycles. The SMILES string of the molecule is CC1CCNC1C(=O)N(C)C1CCCCC1. The maximum Gasteiger partial charge on any atom is 0.239 e. The van der Waals surface area contributed by atoms with Gasteiger partial charge >= 0.3 is 0 Å². The van der Waals surface area contributed by atoms with Crippen molar-refractivity contribution in [3.63, 3.8) is 0 Å². The molecule has 3 nitrogen and oxygen atoms in total. The molecule has 0 radical (unpaired) electrons. The van der Waals surface area contributed by atoms with Gasteiger partial charge in [-0.05, 0) is 31.7 Å². The Morgan fingerprint density at radius 3 is 2.44 bits per heavy atom. The molecule has 2 aliphatic rings. The second kappa shape index (κ2) is 5.17. The predicted octanol–water partition coefficient (Wildman–Crippen LogP) is 1.78. The molecule has 0 aromatic rings. The minimum Gasteiger partial charge on any atom is -0.341 e. The highest BCUT2D eigenvalue weighted by atomic mass is 16.2. The molecule has 0 bridgehead atoms. The highest BCUT2D eigenvalue weighted by molar-refractivity contribution is 5.82. The van der Waals surface area contributed by atoms with Gasteiger partial charge < -0.3 is 10.2 Å². The maximum absolute atomic E-state index is 12.3. The van der Waals surface area contributed by atoms with Crippen molar-refractivity contribution in [1.82, 2.24) is 10.2 Å². The summed E-state index contributed by atoms with van der Waals surface area (Å²) in [5, 5.41) is 3.33. The Hall–Kier alpha value is -0.570. The van der Waals surface area contributed by atoms with Crippen LogP contribution >= 0.6 is 0 Å². The lowest BCUT2D eigenvalue weighted by molar-refractivity contribution is -0.135. The smallest absolute Gasteiger partial charge is 0.239 e. The molecule has 2 unspecified atom stereocenters. The van der Waals surface area contributed by atoms with Crippen molar-refractivity contribution in [2.45, 2.75) is 57.5 Å². The van der Waals surface area contributed by atoms with Crippen LogP contribution in [0.2, 0.25) is 0 Å². The molecule has 1 N–H and O–H groups in total. The molecule has 0 aromatic carbocycles. The van der Waals surface area contributed by atoms with E-state index in [-0.39, 0.29) is 6.04 Å². The third-order valence-corrected chi connectivity index (χ3v) is 4.27. The maximum atomic E-state index is 12.3. The molecule has 92 valence electrons. The number of hydrogen-bond acceptors (Lipinski definition) is 2. The van der Waals surface area contributed by atoms with Crippen LogP contribution in [0, 0.1) is 5.92 Å². The van der Waals surface area contributed by atoms with Crippen molar-refractivity contribution >= 4 is 5.91 Å². The molecular weight excluding hydrogens is 200 g/mol. The lowest BCUT2D eigenvalue weighted by Crippen LogP contribution is -2.48. The Labute approximate surface area is 98.6 Å². The predicted molar refractivity (Wildman–Crippen MR) is 65.2 cm³/mol. The number of hydrogen-bond donors (Lipinski definition) is 1. The Bertz CT molecular complexity index is 248. The van der Waals surface area contributed by atoms with Crippen LogP contribution in [0.5, 0.6) is 0 Å². The van der Waals surface area contributed by atoms with Crippen LogP contribution in [0.1, 0.15) is 45.4 Å². The molecule has 1 saturated carbocycles. The van der Waals surface area contributed by atoms with Gasteiger partial charge in [0.25, 0.3) is 0 Å². The fourth-order valence-corrected chi connectivity index (χ4v) is 3.03. The van der Waals surface area contributed by atoms with Crippen LogP contribution in [0.3, 0.4) is 0 Å². The summed E-state index contributed by atoms with van der Waals surface area (Å²) in [6, 6.07) is 0.572. The zero-order chi connectivity index (χ0) is 11.5. The topological polar surface area (TPSA) is 32.3 Å². The van der Waals surface area contributed by atoms with Gasteiger partial charge in [-0.2, -0.15) is 0 Å². The summed E-state index contributed by atoms with van der Waals surface area (Å²) in [7, 11) is 1.99. The summed E-state index contributed by atoms with van der Waals surface area (Å²) in [6.45, 7) is 3.17. The highest BCUT2D eigenvalue weighted by Crippen LogP contribution is 2.24. The first-order valence-electron chi connectivity index (χ1n) is 6.70. The minimum absolute atomic E-state index is 0.0759. The molecular formula is C13H24N2O. The van der Waals surface area contributed by atoms with Crippen molar-refractivity contribution in [3.8, 4) is 0 Å². The zero-order valence-corrected chi connectivity index (χ0v) is 10.5. The number of carbonyl (C=O) groups excluding carboxylic acids is 1. The number of amides is 1. The summed E-state index contributed by atoms with van der Waals surface area (Å²) >= 11 is 0. The normalized spacial score (nSPS) is 31.6. The molecule has 3 heteroatoms. The number of likely N-dealkylation sites (N-methyl/N-ethyl adjacent to an activating group) is 1. The monoisotopic (exact) mass is 224 g/mol. The Kier molecular flexibility index (Phi) is 3.85. The van der Waals surface area contributed by atoms with Crippen molar-refractivity contribution in [2.24, 2.45) is 5.92 Å². The van der Waals surface area contributed by atoms with E-state index < -0.39 is 0 Å². The van der Waals surface area contributed by atoms with E-state index >= 15 is 0 Å². The van der Waals surface area contributed by atoms with Gasteiger partial charge in [0.2, 0.25) is 5.91 Å². The summed E-state index contributed by atoms with van der Waals surface area (Å²) in [5.41, 5.74) is 0. The number of rotatable bonds is 2. The van der Waals surface area contributed by atoms with E-state index in [0.29, 0.717) is 17.9 Å². The first-order valence-corrected chi connectivity index (χ1v) is 6.70. The van der Waals surface area contributed by atoms with Crippen molar-refractivity contribution in [3.05, 3.63) is 0 Å². The van der Waals surface area contributed by atoms with E-state index in [1.54, 1.807) is 0 Å². The van der Waals surface area contributed by atoms with Gasteiger partial charge in [-0.15, -0.1) is 0 Å². The van der Waals surface area contributed by atoms with Gasteiger partial charge in [-0.25, -0.2) is 0 Å². The zero-order valence-electron chi connectivity index (χ0n) is 10.5. The minimum atomic E-state index is 0.0759. The van der Waals surface area contributed by atoms with Crippen LogP contribution < -0.4 is 5.32 Å². The summed E-state index contributed by atoms with van der Waals surface area (Å²) in [4.78, 5) is 14.3. The third kappa shape index (κ3) is 2.40. The van der Waals surface area contributed by atoms with E-state index in [4.69, 9.17) is 0 Å². The van der Waals surface area contributed by atoms with Crippen molar-refractivity contribution in [1.29, 1.82) is 0 Å². The number of nitrogens with zero attached hydrogens (tertiary/aromatic N) is 1. The molecule has 16 heavy (non-hydrogen) atoms. The average molecular weight is 224 g/mol. The summed E-state index contributed by atoms with van der Waals surface area (Å²) in [5.74, 6) is 0.815. The summed E-state index contributed by atoms with van der Waals surface area (Å²) < 4.78 is 0. The number of nitrogens with one attached hydrogen (secondary N) is 1. The van der Waals surface area contributed by atoms with E-state index in [9.17, 15) is 4.79 Å². The van der Waals surface area contributed by atoms with Crippen LogP contribution in [0.4, 0.5) is 0 Å². The Balaban J connectivity index is 1.92. The quantitative estimate of drug-likeness (QED) is 0.775.